The van der Waals surface area contributed by atoms with Crippen LogP contribution in [0.15, 0.2) is 42.5 Å². The molecule has 1 atom stereocenters. The lowest BCUT2D eigenvalue weighted by Crippen LogP contribution is -2.16. The summed E-state index contributed by atoms with van der Waals surface area (Å²) in [4.78, 5) is 0. The third-order valence-corrected chi connectivity index (χ3v) is 3.75. The fourth-order valence-corrected chi connectivity index (χ4v) is 2.67. The number of rotatable bonds is 8. The molecule has 0 radical (unpaired) electrons. The molecule has 0 saturated heterocycles. The molecule has 2 rings (SSSR count). The van der Waals surface area contributed by atoms with E-state index in [1.807, 2.05) is 44.2 Å². The van der Waals surface area contributed by atoms with E-state index in [2.05, 4.69) is 6.07 Å². The number of para-hydroxylation sites is 1. The minimum absolute atomic E-state index is 0.150. The predicted molar refractivity (Wildman–Crippen MR) is 92.4 cm³/mol. The van der Waals surface area contributed by atoms with Crippen molar-refractivity contribution in [1.82, 2.24) is 0 Å². The second-order valence-electron chi connectivity index (χ2n) is 5.34. The molecule has 2 aromatic rings. The second-order valence-corrected chi connectivity index (χ2v) is 5.34. The van der Waals surface area contributed by atoms with Crippen molar-refractivity contribution in [2.75, 3.05) is 19.8 Å². The van der Waals surface area contributed by atoms with Crippen molar-refractivity contribution in [2.24, 2.45) is 5.73 Å². The third kappa shape index (κ3) is 4.39. The molecule has 23 heavy (non-hydrogen) atoms. The van der Waals surface area contributed by atoms with Crippen LogP contribution in [0, 0.1) is 0 Å². The highest BCUT2D eigenvalue weighted by Gasteiger charge is 2.16. The van der Waals surface area contributed by atoms with Gasteiger partial charge in [0.05, 0.1) is 13.2 Å². The average Bonchev–Trinajstić information content (AvgIpc) is 2.57. The summed E-state index contributed by atoms with van der Waals surface area (Å²) in [7, 11) is 0. The van der Waals surface area contributed by atoms with E-state index in [4.69, 9.17) is 15.2 Å². The van der Waals surface area contributed by atoms with E-state index in [0.717, 1.165) is 23.3 Å². The third-order valence-electron chi connectivity index (χ3n) is 3.75. The molecule has 0 aliphatic rings. The number of benzene rings is 2. The van der Waals surface area contributed by atoms with Crippen molar-refractivity contribution in [3.05, 3.63) is 53.6 Å². The van der Waals surface area contributed by atoms with Crippen molar-refractivity contribution in [3.8, 4) is 17.2 Å². The summed E-state index contributed by atoms with van der Waals surface area (Å²) >= 11 is 0. The first-order chi connectivity index (χ1) is 11.2. The van der Waals surface area contributed by atoms with Gasteiger partial charge < -0.3 is 20.3 Å². The quantitative estimate of drug-likeness (QED) is 0.783. The van der Waals surface area contributed by atoms with E-state index in [9.17, 15) is 5.11 Å². The largest absolute Gasteiger partial charge is 0.504 e. The van der Waals surface area contributed by atoms with Crippen LogP contribution in [0.3, 0.4) is 0 Å². The van der Waals surface area contributed by atoms with Gasteiger partial charge in [0.15, 0.2) is 11.5 Å². The van der Waals surface area contributed by atoms with E-state index in [0.29, 0.717) is 25.5 Å². The number of nitrogens with two attached hydrogens (primary N) is 1. The molecule has 0 amide bonds. The van der Waals surface area contributed by atoms with Crippen LogP contribution in [0.1, 0.15) is 30.9 Å². The highest BCUT2D eigenvalue weighted by atomic mass is 16.5. The van der Waals surface area contributed by atoms with Crippen molar-refractivity contribution in [3.63, 3.8) is 0 Å². The van der Waals surface area contributed by atoms with Gasteiger partial charge >= 0.3 is 0 Å². The molecule has 2 aromatic carbocycles. The zero-order chi connectivity index (χ0) is 16.7. The summed E-state index contributed by atoms with van der Waals surface area (Å²) < 4.78 is 11.2. The molecule has 0 bridgehead atoms. The summed E-state index contributed by atoms with van der Waals surface area (Å²) in [6, 6.07) is 13.5. The Morgan fingerprint density at radius 1 is 1.00 bits per heavy atom. The van der Waals surface area contributed by atoms with Crippen LogP contribution < -0.4 is 15.2 Å². The molecule has 0 heterocycles. The van der Waals surface area contributed by atoms with Crippen LogP contribution in [0.5, 0.6) is 17.2 Å². The topological polar surface area (TPSA) is 64.7 Å². The van der Waals surface area contributed by atoms with Gasteiger partial charge in [0.25, 0.3) is 0 Å². The van der Waals surface area contributed by atoms with Gasteiger partial charge in [-0.1, -0.05) is 24.3 Å². The minimum Gasteiger partial charge on any atom is -0.504 e. The maximum absolute atomic E-state index is 9.82. The molecular weight excluding hydrogens is 290 g/mol. The molecule has 4 heteroatoms. The molecule has 1 unspecified atom stereocenters. The van der Waals surface area contributed by atoms with Crippen molar-refractivity contribution in [2.45, 2.75) is 26.2 Å². The van der Waals surface area contributed by atoms with Crippen LogP contribution in [-0.2, 0) is 6.42 Å². The number of aromatic hydroxyl groups is 1. The highest BCUT2D eigenvalue weighted by Crippen LogP contribution is 2.32. The highest BCUT2D eigenvalue weighted by molar-refractivity contribution is 5.43. The summed E-state index contributed by atoms with van der Waals surface area (Å²) in [6.07, 6.45) is 0.765. The molecule has 0 aliphatic heterocycles. The normalized spacial score (nSPS) is 12.0. The summed E-state index contributed by atoms with van der Waals surface area (Å²) in [5, 5.41) is 9.82. The standard InChI is InChI=1S/C19H25NO3/c1-3-22-18-8-6-5-7-16(18)15(13-20)11-14-9-10-17(21)19(12-14)23-4-2/h5-10,12,15,21H,3-4,11,13,20H2,1-2H3. The lowest BCUT2D eigenvalue weighted by atomic mass is 9.91. The Bertz CT molecular complexity index is 628. The Kier molecular flexibility index (Phi) is 6.29. The molecule has 0 aromatic heterocycles. The maximum Gasteiger partial charge on any atom is 0.161 e. The second kappa shape index (κ2) is 8.44. The fourth-order valence-electron chi connectivity index (χ4n) is 2.67. The van der Waals surface area contributed by atoms with Gasteiger partial charge in [-0.15, -0.1) is 0 Å². The van der Waals surface area contributed by atoms with Crippen LogP contribution in [-0.4, -0.2) is 24.9 Å². The number of phenolic OH excluding ortho intramolecular Hbond substituents is 1. The molecule has 4 nitrogen and oxygen atoms in total. The van der Waals surface area contributed by atoms with E-state index in [-0.39, 0.29) is 11.7 Å². The Morgan fingerprint density at radius 2 is 1.70 bits per heavy atom. The molecule has 0 saturated carbocycles. The Hall–Kier alpha value is -2.20. The lowest BCUT2D eigenvalue weighted by Gasteiger charge is -2.19. The van der Waals surface area contributed by atoms with Gasteiger partial charge in [0.1, 0.15) is 5.75 Å². The Labute approximate surface area is 137 Å². The van der Waals surface area contributed by atoms with Crippen molar-refractivity contribution < 1.29 is 14.6 Å². The smallest absolute Gasteiger partial charge is 0.161 e. The first kappa shape index (κ1) is 17.2. The summed E-state index contributed by atoms with van der Waals surface area (Å²) in [6.45, 7) is 5.54. The van der Waals surface area contributed by atoms with Gasteiger partial charge in [-0.2, -0.15) is 0 Å². The minimum atomic E-state index is 0.150. The van der Waals surface area contributed by atoms with E-state index >= 15 is 0 Å². The lowest BCUT2D eigenvalue weighted by molar-refractivity contribution is 0.317. The Morgan fingerprint density at radius 3 is 2.39 bits per heavy atom. The van der Waals surface area contributed by atoms with Crippen LogP contribution in [0.2, 0.25) is 0 Å². The van der Waals surface area contributed by atoms with E-state index < -0.39 is 0 Å². The number of hydrogen-bond donors (Lipinski definition) is 2. The fraction of sp³-hybridized carbons (Fsp3) is 0.368. The van der Waals surface area contributed by atoms with Gasteiger partial charge in [0.2, 0.25) is 0 Å². The van der Waals surface area contributed by atoms with Crippen LogP contribution in [0.25, 0.3) is 0 Å². The van der Waals surface area contributed by atoms with Crippen molar-refractivity contribution >= 4 is 0 Å². The predicted octanol–water partition coefficient (Wildman–Crippen LogP) is 3.47. The monoisotopic (exact) mass is 315 g/mol. The first-order valence-corrected chi connectivity index (χ1v) is 8.06. The SMILES string of the molecule is CCOc1cc(CC(CN)c2ccccc2OCC)ccc1O. The van der Waals surface area contributed by atoms with Crippen molar-refractivity contribution in [1.29, 1.82) is 0 Å². The number of phenols is 1. The van der Waals surface area contributed by atoms with Gasteiger partial charge in [-0.3, -0.25) is 0 Å². The number of ether oxygens (including phenoxy) is 2. The molecule has 124 valence electrons. The number of hydrogen-bond acceptors (Lipinski definition) is 4. The Balaban J connectivity index is 2.24. The molecule has 0 spiro atoms. The molecule has 0 fully saturated rings. The zero-order valence-corrected chi connectivity index (χ0v) is 13.8. The first-order valence-electron chi connectivity index (χ1n) is 8.06. The summed E-state index contributed by atoms with van der Waals surface area (Å²) in [5.41, 5.74) is 8.20. The van der Waals surface area contributed by atoms with Gasteiger partial charge in [0, 0.05) is 5.92 Å². The van der Waals surface area contributed by atoms with E-state index in [1.54, 1.807) is 6.07 Å². The van der Waals surface area contributed by atoms with Crippen LogP contribution in [0.4, 0.5) is 0 Å². The maximum atomic E-state index is 9.82. The van der Waals surface area contributed by atoms with Crippen LogP contribution >= 0.6 is 0 Å². The average molecular weight is 315 g/mol. The summed E-state index contributed by atoms with van der Waals surface area (Å²) in [5.74, 6) is 1.71. The zero-order valence-electron chi connectivity index (χ0n) is 13.8. The van der Waals surface area contributed by atoms with Gasteiger partial charge in [-0.25, -0.2) is 0 Å². The van der Waals surface area contributed by atoms with E-state index in [1.165, 1.54) is 0 Å². The molecular formula is C19H25NO3. The van der Waals surface area contributed by atoms with Gasteiger partial charge in [-0.05, 0) is 56.1 Å². The molecule has 3 N–H and O–H groups in total. The molecule has 0 aliphatic carbocycles.